The number of ether oxygens (including phenoxy) is 4. The summed E-state index contributed by atoms with van der Waals surface area (Å²) in [6.45, 7) is 6.38. The third-order valence-corrected chi connectivity index (χ3v) is 8.87. The number of benzene rings is 3. The first-order chi connectivity index (χ1) is 21.8. The lowest BCUT2D eigenvalue weighted by Gasteiger charge is -2.27. The first kappa shape index (κ1) is 32.2. The van der Waals surface area contributed by atoms with E-state index >= 15 is 0 Å². The molecule has 0 fully saturated rings. The largest absolute Gasteiger partial charge is 0.497 e. The summed E-state index contributed by atoms with van der Waals surface area (Å²) >= 11 is 4.83. The summed E-state index contributed by atoms with van der Waals surface area (Å²) in [6, 6.07) is 18.4. The first-order valence-electron chi connectivity index (χ1n) is 14.7. The lowest BCUT2D eigenvalue weighted by Crippen LogP contribution is -2.40. The van der Waals surface area contributed by atoms with Crippen LogP contribution < -0.4 is 29.1 Å². The molecule has 0 saturated heterocycles. The Balaban J connectivity index is 1.70. The number of hydrogen-bond acceptors (Lipinski definition) is 8. The van der Waals surface area contributed by atoms with Gasteiger partial charge in [0.25, 0.3) is 5.56 Å². The molecule has 2 heterocycles. The molecule has 0 N–H and O–H groups in total. The highest BCUT2D eigenvalue weighted by atomic mass is 79.9. The van der Waals surface area contributed by atoms with Crippen LogP contribution in [0, 0.1) is 6.92 Å². The van der Waals surface area contributed by atoms with Crippen LogP contribution in [0.4, 0.5) is 0 Å². The zero-order valence-corrected chi connectivity index (χ0v) is 28.3. The molecule has 0 aliphatic carbocycles. The molecule has 1 atom stereocenters. The van der Waals surface area contributed by atoms with Gasteiger partial charge in [-0.3, -0.25) is 9.36 Å². The molecular weight excluding hydrogens is 656 g/mol. The number of aromatic nitrogens is 1. The molecule has 0 unspecified atom stereocenters. The number of carbonyl (C=O) groups excluding carboxylic acids is 1. The molecule has 10 heteroatoms. The molecule has 1 aromatic heterocycles. The molecule has 3 aromatic carbocycles. The zero-order valence-electron chi connectivity index (χ0n) is 25.9. The number of rotatable bonds is 11. The van der Waals surface area contributed by atoms with E-state index in [4.69, 9.17) is 23.9 Å². The Kier molecular flexibility index (Phi) is 10.2. The fraction of sp³-hybridized carbons (Fsp3) is 0.286. The van der Waals surface area contributed by atoms with Gasteiger partial charge < -0.3 is 18.9 Å². The van der Waals surface area contributed by atoms with Crippen molar-refractivity contribution in [2.45, 2.75) is 46.3 Å². The van der Waals surface area contributed by atoms with Crippen molar-refractivity contribution < 1.29 is 23.7 Å². The second-order valence-corrected chi connectivity index (χ2v) is 12.4. The van der Waals surface area contributed by atoms with E-state index < -0.39 is 12.0 Å². The summed E-state index contributed by atoms with van der Waals surface area (Å²) in [4.78, 5) is 33.3. The Bertz CT molecular complexity index is 1930. The van der Waals surface area contributed by atoms with Crippen molar-refractivity contribution in [2.75, 3.05) is 20.8 Å². The standard InChI is InChI=1S/C35H35BrN2O6S/c1-6-8-27-31(34(40)43-7-2)32(26-19-25(41-4)14-16-29(26)42-5)38-33(39)30(45-35(38)37-27)18-23-17-24(36)13-15-28(23)44-20-22-11-9-21(3)10-12-22/h9-19,32H,6-8,20H2,1-5H3/b30-18-/t32-/m1/s1. The van der Waals surface area contributed by atoms with E-state index in [-0.39, 0.29) is 12.2 Å². The summed E-state index contributed by atoms with van der Waals surface area (Å²) in [5.74, 6) is 1.19. The number of halogens is 1. The molecule has 0 spiro atoms. The van der Waals surface area contributed by atoms with Crippen LogP contribution in [-0.2, 0) is 16.1 Å². The predicted molar refractivity (Wildman–Crippen MR) is 179 cm³/mol. The van der Waals surface area contributed by atoms with E-state index in [1.165, 1.54) is 16.9 Å². The Morgan fingerprint density at radius 1 is 1.02 bits per heavy atom. The lowest BCUT2D eigenvalue weighted by molar-refractivity contribution is -0.139. The Labute approximate surface area is 274 Å². The molecule has 1 aliphatic heterocycles. The van der Waals surface area contributed by atoms with E-state index in [2.05, 4.69) is 15.9 Å². The summed E-state index contributed by atoms with van der Waals surface area (Å²) < 4.78 is 25.9. The Hall–Kier alpha value is -4.15. The molecule has 0 amide bonds. The number of methoxy groups -OCH3 is 2. The maximum absolute atomic E-state index is 14.3. The predicted octanol–water partition coefficient (Wildman–Crippen LogP) is 6.25. The molecule has 234 valence electrons. The third kappa shape index (κ3) is 6.92. The third-order valence-electron chi connectivity index (χ3n) is 7.40. The van der Waals surface area contributed by atoms with Gasteiger partial charge in [0.15, 0.2) is 4.80 Å². The van der Waals surface area contributed by atoms with Gasteiger partial charge in [0.05, 0.1) is 36.6 Å². The van der Waals surface area contributed by atoms with Crippen molar-refractivity contribution in [3.8, 4) is 17.2 Å². The minimum atomic E-state index is -0.839. The van der Waals surface area contributed by atoms with Crippen molar-refractivity contribution in [1.82, 2.24) is 4.57 Å². The minimum Gasteiger partial charge on any atom is -0.497 e. The van der Waals surface area contributed by atoms with Gasteiger partial charge in [-0.2, -0.15) is 0 Å². The van der Waals surface area contributed by atoms with Crippen molar-refractivity contribution in [2.24, 2.45) is 4.99 Å². The molecule has 5 rings (SSSR count). The van der Waals surface area contributed by atoms with Gasteiger partial charge in [-0.05, 0) is 68.3 Å². The molecule has 1 aliphatic rings. The van der Waals surface area contributed by atoms with E-state index in [9.17, 15) is 9.59 Å². The number of hydrogen-bond donors (Lipinski definition) is 0. The first-order valence-corrected chi connectivity index (χ1v) is 16.3. The average Bonchev–Trinajstić information content (AvgIpc) is 3.34. The minimum absolute atomic E-state index is 0.183. The maximum Gasteiger partial charge on any atom is 0.338 e. The highest BCUT2D eigenvalue weighted by Crippen LogP contribution is 2.39. The second kappa shape index (κ2) is 14.3. The Morgan fingerprint density at radius 2 is 1.78 bits per heavy atom. The smallest absolute Gasteiger partial charge is 0.338 e. The van der Waals surface area contributed by atoms with Gasteiger partial charge in [-0.15, -0.1) is 0 Å². The van der Waals surface area contributed by atoms with Gasteiger partial charge in [-0.25, -0.2) is 9.79 Å². The number of carbonyl (C=O) groups is 1. The van der Waals surface area contributed by atoms with Gasteiger partial charge in [-0.1, -0.05) is 70.4 Å². The van der Waals surface area contributed by atoms with Crippen LogP contribution in [0.25, 0.3) is 6.08 Å². The fourth-order valence-electron chi connectivity index (χ4n) is 5.22. The van der Waals surface area contributed by atoms with Gasteiger partial charge >= 0.3 is 5.97 Å². The van der Waals surface area contributed by atoms with Crippen LogP contribution in [-0.4, -0.2) is 31.4 Å². The molecule has 8 nitrogen and oxygen atoms in total. The van der Waals surface area contributed by atoms with Crippen molar-refractivity contribution >= 4 is 39.3 Å². The summed E-state index contributed by atoms with van der Waals surface area (Å²) in [5.41, 5.74) is 4.15. The van der Waals surface area contributed by atoms with Crippen LogP contribution >= 0.6 is 27.3 Å². The van der Waals surface area contributed by atoms with E-state index in [0.29, 0.717) is 56.4 Å². The normalized spacial score (nSPS) is 14.5. The van der Waals surface area contributed by atoms with Crippen molar-refractivity contribution in [1.29, 1.82) is 0 Å². The topological polar surface area (TPSA) is 88.4 Å². The lowest BCUT2D eigenvalue weighted by atomic mass is 9.93. The number of fused-ring (bicyclic) bond motifs is 1. The maximum atomic E-state index is 14.3. The van der Waals surface area contributed by atoms with Gasteiger partial charge in [0.1, 0.15) is 29.9 Å². The number of esters is 1. The van der Waals surface area contributed by atoms with E-state index in [1.807, 2.05) is 62.4 Å². The molecule has 45 heavy (non-hydrogen) atoms. The SMILES string of the molecule is CCCC1=C(C(=O)OCC)[C@@H](c2cc(OC)ccc2OC)n2c(s/c(=C\c3cc(Br)ccc3OCc3ccc(C)cc3)c2=O)=N1. The van der Waals surface area contributed by atoms with Crippen molar-refractivity contribution in [3.63, 3.8) is 0 Å². The monoisotopic (exact) mass is 690 g/mol. The van der Waals surface area contributed by atoms with Crippen LogP contribution in [0.2, 0.25) is 0 Å². The van der Waals surface area contributed by atoms with Crippen LogP contribution in [0.15, 0.2) is 86.2 Å². The molecule has 0 bridgehead atoms. The molecule has 4 aromatic rings. The highest BCUT2D eigenvalue weighted by molar-refractivity contribution is 9.10. The number of allylic oxidation sites excluding steroid dienone is 1. The molecule has 0 saturated carbocycles. The fourth-order valence-corrected chi connectivity index (χ4v) is 6.61. The number of thiazole rings is 1. The van der Waals surface area contributed by atoms with Crippen LogP contribution in [0.3, 0.4) is 0 Å². The summed E-state index contributed by atoms with van der Waals surface area (Å²) in [6.07, 6.45) is 3.09. The summed E-state index contributed by atoms with van der Waals surface area (Å²) in [7, 11) is 3.12. The van der Waals surface area contributed by atoms with Crippen molar-refractivity contribution in [3.05, 3.63) is 118 Å². The average molecular weight is 692 g/mol. The number of nitrogens with zero attached hydrogens (tertiary/aromatic N) is 2. The highest BCUT2D eigenvalue weighted by Gasteiger charge is 2.36. The van der Waals surface area contributed by atoms with Crippen LogP contribution in [0.1, 0.15) is 55.0 Å². The molecule has 0 radical (unpaired) electrons. The molecular formula is C35H35BrN2O6S. The van der Waals surface area contributed by atoms with Crippen LogP contribution in [0.5, 0.6) is 17.2 Å². The van der Waals surface area contributed by atoms with Gasteiger partial charge in [0.2, 0.25) is 0 Å². The quantitative estimate of drug-likeness (QED) is 0.173. The summed E-state index contributed by atoms with van der Waals surface area (Å²) in [5, 5.41) is 0. The van der Waals surface area contributed by atoms with E-state index in [0.717, 1.165) is 22.0 Å². The zero-order chi connectivity index (χ0) is 32.1. The number of aryl methyl sites for hydroxylation is 1. The van der Waals surface area contributed by atoms with E-state index in [1.54, 1.807) is 43.9 Å². The van der Waals surface area contributed by atoms with Gasteiger partial charge in [0, 0.05) is 15.6 Å². The second-order valence-electron chi connectivity index (χ2n) is 10.5. The Morgan fingerprint density at radius 3 is 2.47 bits per heavy atom.